The Morgan fingerprint density at radius 1 is 1.03 bits per heavy atom. The third kappa shape index (κ3) is 4.60. The summed E-state index contributed by atoms with van der Waals surface area (Å²) in [4.78, 5) is 24.8. The molecule has 2 aliphatic rings. The monoisotopic (exact) mass is 495 g/mol. The molecule has 3 aromatic rings. The SMILES string of the molecule is CC[C@H](C)[C@H](N)C(=O)O[C@H]1c2ccccc2C[C@]1(Cc1ccc(C(=O)O)cc1)C1=Cc2ccccc2C1. The standard InChI is InChI=1S/C32H33NO4/c1-3-20(2)28(33)31(36)37-29-27-11-7-6-10-25(27)19-32(29,18-21-12-14-22(15-13-21)30(34)35)26-16-23-8-4-5-9-24(23)17-26/h4-16,20,28-29H,3,17-19,33H2,1-2H3,(H,34,35)/t20-,28-,29-,32+/m0/s1. The molecule has 0 bridgehead atoms. The number of carboxylic acids is 1. The van der Waals surface area contributed by atoms with E-state index in [0.29, 0.717) is 6.42 Å². The molecule has 190 valence electrons. The molecule has 0 amide bonds. The molecule has 5 heteroatoms. The Bertz CT molecular complexity index is 1360. The van der Waals surface area contributed by atoms with E-state index in [1.807, 2.05) is 44.2 Å². The number of benzene rings is 3. The maximum Gasteiger partial charge on any atom is 0.335 e. The third-order valence-corrected chi connectivity index (χ3v) is 8.23. The lowest BCUT2D eigenvalue weighted by atomic mass is 9.70. The highest BCUT2D eigenvalue weighted by Crippen LogP contribution is 2.56. The van der Waals surface area contributed by atoms with E-state index in [-0.39, 0.29) is 17.5 Å². The first kappa shape index (κ1) is 25.0. The highest BCUT2D eigenvalue weighted by Gasteiger charge is 2.52. The minimum Gasteiger partial charge on any atom is -0.478 e. The van der Waals surface area contributed by atoms with E-state index in [1.165, 1.54) is 16.7 Å². The van der Waals surface area contributed by atoms with E-state index in [2.05, 4.69) is 36.4 Å². The summed E-state index contributed by atoms with van der Waals surface area (Å²) in [7, 11) is 0. The van der Waals surface area contributed by atoms with E-state index in [0.717, 1.165) is 36.0 Å². The molecule has 0 fully saturated rings. The molecule has 0 saturated heterocycles. The third-order valence-electron chi connectivity index (χ3n) is 8.23. The smallest absolute Gasteiger partial charge is 0.335 e. The lowest BCUT2D eigenvalue weighted by Crippen LogP contribution is -2.41. The van der Waals surface area contributed by atoms with Crippen molar-refractivity contribution in [1.82, 2.24) is 0 Å². The number of hydrogen-bond acceptors (Lipinski definition) is 4. The first-order valence-corrected chi connectivity index (χ1v) is 13.0. The topological polar surface area (TPSA) is 89.6 Å². The molecule has 37 heavy (non-hydrogen) atoms. The molecule has 3 N–H and O–H groups in total. The molecule has 0 aliphatic heterocycles. The van der Waals surface area contributed by atoms with Gasteiger partial charge in [-0.1, -0.05) is 92.6 Å². The van der Waals surface area contributed by atoms with E-state index in [1.54, 1.807) is 12.1 Å². The van der Waals surface area contributed by atoms with E-state index >= 15 is 0 Å². The Morgan fingerprint density at radius 3 is 2.38 bits per heavy atom. The normalized spacial score (nSPS) is 21.5. The number of ether oxygens (including phenoxy) is 1. The van der Waals surface area contributed by atoms with E-state index in [4.69, 9.17) is 10.5 Å². The first-order valence-electron chi connectivity index (χ1n) is 13.0. The predicted molar refractivity (Wildman–Crippen MR) is 144 cm³/mol. The van der Waals surface area contributed by atoms with Gasteiger partial charge < -0.3 is 15.6 Å². The number of carbonyl (C=O) groups is 2. The van der Waals surface area contributed by atoms with Crippen molar-refractivity contribution in [2.24, 2.45) is 17.1 Å². The number of carbonyl (C=O) groups excluding carboxylic acids is 1. The van der Waals surface area contributed by atoms with Crippen LogP contribution in [0.15, 0.2) is 78.4 Å². The van der Waals surface area contributed by atoms with E-state index in [9.17, 15) is 14.7 Å². The minimum atomic E-state index is -0.950. The van der Waals surface area contributed by atoms with Crippen LogP contribution in [0.4, 0.5) is 0 Å². The fourth-order valence-electron chi connectivity index (χ4n) is 5.82. The largest absolute Gasteiger partial charge is 0.478 e. The second-order valence-electron chi connectivity index (χ2n) is 10.5. The zero-order valence-corrected chi connectivity index (χ0v) is 21.3. The van der Waals surface area contributed by atoms with Gasteiger partial charge in [0.2, 0.25) is 0 Å². The molecule has 0 saturated carbocycles. The Morgan fingerprint density at radius 2 is 1.70 bits per heavy atom. The van der Waals surface area contributed by atoms with Crippen LogP contribution >= 0.6 is 0 Å². The van der Waals surface area contributed by atoms with Crippen molar-refractivity contribution < 1.29 is 19.4 Å². The fraction of sp³-hybridized carbons (Fsp3) is 0.312. The second kappa shape index (κ2) is 9.98. The quantitative estimate of drug-likeness (QED) is 0.388. The summed E-state index contributed by atoms with van der Waals surface area (Å²) in [5.41, 5.74) is 12.9. The summed E-state index contributed by atoms with van der Waals surface area (Å²) in [5, 5.41) is 9.38. The van der Waals surface area contributed by atoms with Crippen LogP contribution in [0.5, 0.6) is 0 Å². The van der Waals surface area contributed by atoms with Crippen LogP contribution in [0.1, 0.15) is 64.5 Å². The Balaban J connectivity index is 1.60. The number of esters is 1. The van der Waals surface area contributed by atoms with Crippen molar-refractivity contribution in [2.45, 2.75) is 51.7 Å². The van der Waals surface area contributed by atoms with Crippen LogP contribution in [0.2, 0.25) is 0 Å². The Hall–Kier alpha value is -3.70. The van der Waals surface area contributed by atoms with Gasteiger partial charge in [-0.15, -0.1) is 0 Å². The van der Waals surface area contributed by atoms with Crippen LogP contribution in [-0.2, 0) is 28.8 Å². The van der Waals surface area contributed by atoms with Gasteiger partial charge in [0.1, 0.15) is 12.1 Å². The van der Waals surface area contributed by atoms with Gasteiger partial charge in [0.15, 0.2) is 0 Å². The van der Waals surface area contributed by atoms with Crippen molar-refractivity contribution in [3.8, 4) is 0 Å². The zero-order valence-electron chi connectivity index (χ0n) is 21.3. The summed E-state index contributed by atoms with van der Waals surface area (Å²) in [6.45, 7) is 4.00. The van der Waals surface area contributed by atoms with Crippen molar-refractivity contribution in [3.05, 3.63) is 112 Å². The lowest BCUT2D eigenvalue weighted by molar-refractivity contribution is -0.157. The van der Waals surface area contributed by atoms with Gasteiger partial charge in [-0.3, -0.25) is 4.79 Å². The van der Waals surface area contributed by atoms with Crippen LogP contribution in [0, 0.1) is 11.3 Å². The van der Waals surface area contributed by atoms with Crippen LogP contribution < -0.4 is 5.73 Å². The second-order valence-corrected chi connectivity index (χ2v) is 10.5. The van der Waals surface area contributed by atoms with Gasteiger partial charge in [-0.05, 0) is 65.1 Å². The summed E-state index contributed by atoms with van der Waals surface area (Å²) in [6.07, 6.45) is 4.66. The number of nitrogens with two attached hydrogens (primary N) is 1. The lowest BCUT2D eigenvalue weighted by Gasteiger charge is -2.38. The molecular formula is C32H33NO4. The van der Waals surface area contributed by atoms with Gasteiger partial charge in [0.25, 0.3) is 0 Å². The molecule has 0 heterocycles. The van der Waals surface area contributed by atoms with Crippen molar-refractivity contribution in [1.29, 1.82) is 0 Å². The maximum atomic E-state index is 13.4. The maximum absolute atomic E-state index is 13.4. The number of hydrogen-bond donors (Lipinski definition) is 2. The summed E-state index contributed by atoms with van der Waals surface area (Å²) < 4.78 is 6.39. The van der Waals surface area contributed by atoms with Crippen LogP contribution in [0.3, 0.4) is 0 Å². The van der Waals surface area contributed by atoms with Gasteiger partial charge in [0.05, 0.1) is 5.56 Å². The molecular weight excluding hydrogens is 462 g/mol. The molecule has 0 unspecified atom stereocenters. The summed E-state index contributed by atoms with van der Waals surface area (Å²) in [5.74, 6) is -1.32. The van der Waals surface area contributed by atoms with Crippen molar-refractivity contribution >= 4 is 18.0 Å². The van der Waals surface area contributed by atoms with Crippen LogP contribution in [-0.4, -0.2) is 23.1 Å². The highest BCUT2D eigenvalue weighted by molar-refractivity contribution is 5.87. The highest BCUT2D eigenvalue weighted by atomic mass is 16.5. The molecule has 4 atom stereocenters. The van der Waals surface area contributed by atoms with Crippen molar-refractivity contribution in [2.75, 3.05) is 0 Å². The number of aromatic carboxylic acids is 1. The zero-order chi connectivity index (χ0) is 26.2. The summed E-state index contributed by atoms with van der Waals surface area (Å²) in [6, 6.07) is 22.9. The molecule has 3 aromatic carbocycles. The van der Waals surface area contributed by atoms with E-state index < -0.39 is 23.5 Å². The molecule has 5 nitrogen and oxygen atoms in total. The molecule has 0 aromatic heterocycles. The van der Waals surface area contributed by atoms with Crippen LogP contribution in [0.25, 0.3) is 6.08 Å². The Kier molecular flexibility index (Phi) is 6.74. The van der Waals surface area contributed by atoms with Gasteiger partial charge >= 0.3 is 11.9 Å². The van der Waals surface area contributed by atoms with Gasteiger partial charge in [-0.2, -0.15) is 0 Å². The molecule has 0 spiro atoms. The summed E-state index contributed by atoms with van der Waals surface area (Å²) >= 11 is 0. The molecule has 5 rings (SSSR count). The number of fused-ring (bicyclic) bond motifs is 2. The molecule has 2 aliphatic carbocycles. The number of rotatable bonds is 8. The average molecular weight is 496 g/mol. The molecule has 0 radical (unpaired) electrons. The Labute approximate surface area is 218 Å². The predicted octanol–water partition coefficient (Wildman–Crippen LogP) is 5.77. The van der Waals surface area contributed by atoms with Gasteiger partial charge in [-0.25, -0.2) is 4.79 Å². The van der Waals surface area contributed by atoms with Gasteiger partial charge in [0, 0.05) is 5.41 Å². The fourth-order valence-corrected chi connectivity index (χ4v) is 5.82. The number of carboxylic acid groups (broad SMARTS) is 1. The average Bonchev–Trinajstić information content (AvgIpc) is 3.48. The first-order chi connectivity index (χ1) is 17.8. The minimum absolute atomic E-state index is 0.0112. The van der Waals surface area contributed by atoms with Crippen molar-refractivity contribution in [3.63, 3.8) is 0 Å².